The molecule has 78 valence electrons. The maximum atomic E-state index is 11.7. The Morgan fingerprint density at radius 2 is 1.67 bits per heavy atom. The molecule has 0 bridgehead atoms. The van der Waals surface area contributed by atoms with Crippen LogP contribution in [0.3, 0.4) is 0 Å². The van der Waals surface area contributed by atoms with E-state index in [-0.39, 0.29) is 0 Å². The fourth-order valence-electron chi connectivity index (χ4n) is 1.84. The molecule has 0 atom stereocenters. The molecule has 0 spiro atoms. The van der Waals surface area contributed by atoms with Gasteiger partial charge in [0.15, 0.2) is 9.84 Å². The van der Waals surface area contributed by atoms with Crippen LogP contribution in [0.5, 0.6) is 0 Å². The summed E-state index contributed by atoms with van der Waals surface area (Å²) in [6.07, 6.45) is 1.25. The standard InChI is InChI=1S/C12H12O2S/c1-9-7-8-10-5-3-4-6-11(10)12(9)15(2,13)14/h3-8H,1-2H3. The molecular formula is C12H12O2S. The minimum absolute atomic E-state index is 0.445. The zero-order valence-corrected chi connectivity index (χ0v) is 9.51. The third kappa shape index (κ3) is 1.75. The normalized spacial score (nSPS) is 11.9. The highest BCUT2D eigenvalue weighted by Gasteiger charge is 2.14. The molecule has 15 heavy (non-hydrogen) atoms. The summed E-state index contributed by atoms with van der Waals surface area (Å²) in [7, 11) is -3.16. The average molecular weight is 220 g/mol. The van der Waals surface area contributed by atoms with Gasteiger partial charge in [0.05, 0.1) is 4.90 Å². The van der Waals surface area contributed by atoms with E-state index in [0.29, 0.717) is 4.90 Å². The van der Waals surface area contributed by atoms with Crippen molar-refractivity contribution < 1.29 is 8.42 Å². The molecule has 2 aromatic rings. The first-order valence-electron chi connectivity index (χ1n) is 4.68. The molecule has 0 saturated heterocycles. The highest BCUT2D eigenvalue weighted by atomic mass is 32.2. The van der Waals surface area contributed by atoms with Crippen molar-refractivity contribution in [2.24, 2.45) is 0 Å². The Labute approximate surface area is 89.5 Å². The van der Waals surface area contributed by atoms with Gasteiger partial charge in [0.1, 0.15) is 0 Å². The maximum Gasteiger partial charge on any atom is 0.176 e. The summed E-state index contributed by atoms with van der Waals surface area (Å²) in [6, 6.07) is 11.3. The van der Waals surface area contributed by atoms with Gasteiger partial charge in [-0.3, -0.25) is 0 Å². The van der Waals surface area contributed by atoms with Crippen LogP contribution in [0.1, 0.15) is 5.56 Å². The van der Waals surface area contributed by atoms with Crippen molar-refractivity contribution in [1.82, 2.24) is 0 Å². The number of fused-ring (bicyclic) bond motifs is 1. The Morgan fingerprint density at radius 1 is 1.00 bits per heavy atom. The molecule has 2 nitrogen and oxygen atoms in total. The Hall–Kier alpha value is -1.35. The molecule has 0 saturated carbocycles. The molecule has 0 aliphatic carbocycles. The average Bonchev–Trinajstić information content (AvgIpc) is 2.15. The van der Waals surface area contributed by atoms with Crippen LogP contribution in [-0.2, 0) is 9.84 Å². The minimum atomic E-state index is -3.16. The van der Waals surface area contributed by atoms with Crippen molar-refractivity contribution >= 4 is 20.6 Å². The first kappa shape index (κ1) is 10.2. The van der Waals surface area contributed by atoms with Gasteiger partial charge in [-0.05, 0) is 17.9 Å². The lowest BCUT2D eigenvalue weighted by molar-refractivity contribution is 0.602. The lowest BCUT2D eigenvalue weighted by Gasteiger charge is -2.07. The van der Waals surface area contributed by atoms with Crippen molar-refractivity contribution in [3.8, 4) is 0 Å². The van der Waals surface area contributed by atoms with Crippen molar-refractivity contribution in [3.63, 3.8) is 0 Å². The van der Waals surface area contributed by atoms with E-state index in [2.05, 4.69) is 0 Å². The van der Waals surface area contributed by atoms with Crippen molar-refractivity contribution in [3.05, 3.63) is 42.0 Å². The molecule has 0 heterocycles. The number of hydrogen-bond acceptors (Lipinski definition) is 2. The van der Waals surface area contributed by atoms with E-state index < -0.39 is 9.84 Å². The lowest BCUT2D eigenvalue weighted by atomic mass is 10.1. The number of hydrogen-bond donors (Lipinski definition) is 0. The Morgan fingerprint density at radius 3 is 2.33 bits per heavy atom. The topological polar surface area (TPSA) is 34.1 Å². The number of aryl methyl sites for hydroxylation is 1. The van der Waals surface area contributed by atoms with Crippen LogP contribution in [0, 0.1) is 6.92 Å². The number of benzene rings is 2. The van der Waals surface area contributed by atoms with Crippen molar-refractivity contribution in [2.45, 2.75) is 11.8 Å². The van der Waals surface area contributed by atoms with E-state index in [4.69, 9.17) is 0 Å². The molecular weight excluding hydrogens is 208 g/mol. The van der Waals surface area contributed by atoms with Gasteiger partial charge >= 0.3 is 0 Å². The zero-order chi connectivity index (χ0) is 11.1. The molecule has 3 heteroatoms. The van der Waals surface area contributed by atoms with E-state index in [0.717, 1.165) is 16.3 Å². The van der Waals surface area contributed by atoms with Gasteiger partial charge in [0, 0.05) is 11.6 Å². The summed E-state index contributed by atoms with van der Waals surface area (Å²) >= 11 is 0. The molecule has 2 aromatic carbocycles. The second-order valence-corrected chi connectivity index (χ2v) is 5.66. The van der Waals surface area contributed by atoms with E-state index in [1.54, 1.807) is 0 Å². The summed E-state index contributed by atoms with van der Waals surface area (Å²) in [5.74, 6) is 0. The smallest absolute Gasteiger partial charge is 0.176 e. The first-order chi connectivity index (χ1) is 7.00. The van der Waals surface area contributed by atoms with E-state index in [9.17, 15) is 8.42 Å². The summed E-state index contributed by atoms with van der Waals surface area (Å²) in [4.78, 5) is 0.445. The highest BCUT2D eigenvalue weighted by Crippen LogP contribution is 2.25. The van der Waals surface area contributed by atoms with Crippen molar-refractivity contribution in [2.75, 3.05) is 6.26 Å². The summed E-state index contributed by atoms with van der Waals surface area (Å²) in [5.41, 5.74) is 0.802. The molecule has 0 radical (unpaired) electrons. The molecule has 0 aliphatic rings. The van der Waals surface area contributed by atoms with Gasteiger partial charge in [0.25, 0.3) is 0 Å². The van der Waals surface area contributed by atoms with Crippen molar-refractivity contribution in [1.29, 1.82) is 0 Å². The second-order valence-electron chi connectivity index (χ2n) is 3.70. The van der Waals surface area contributed by atoms with Gasteiger partial charge in [-0.1, -0.05) is 36.4 Å². The monoisotopic (exact) mass is 220 g/mol. The SMILES string of the molecule is Cc1ccc2ccccc2c1S(C)(=O)=O. The van der Waals surface area contributed by atoms with Crippen LogP contribution in [0.25, 0.3) is 10.8 Å². The van der Waals surface area contributed by atoms with E-state index in [1.165, 1.54) is 6.26 Å². The van der Waals surface area contributed by atoms with Gasteiger partial charge in [0.2, 0.25) is 0 Å². The van der Waals surface area contributed by atoms with Crippen LogP contribution in [0.2, 0.25) is 0 Å². The van der Waals surface area contributed by atoms with Crippen LogP contribution < -0.4 is 0 Å². The van der Waals surface area contributed by atoms with Crippen LogP contribution in [0.15, 0.2) is 41.3 Å². The predicted octanol–water partition coefficient (Wildman–Crippen LogP) is 2.55. The van der Waals surface area contributed by atoms with Gasteiger partial charge in [-0.2, -0.15) is 0 Å². The Kier molecular flexibility index (Phi) is 2.27. The quantitative estimate of drug-likeness (QED) is 0.740. The maximum absolute atomic E-state index is 11.7. The molecule has 0 fully saturated rings. The van der Waals surface area contributed by atoms with Gasteiger partial charge < -0.3 is 0 Å². The fraction of sp³-hybridized carbons (Fsp3) is 0.167. The molecule has 0 amide bonds. The van der Waals surface area contributed by atoms with Gasteiger partial charge in [-0.15, -0.1) is 0 Å². The van der Waals surface area contributed by atoms with Gasteiger partial charge in [-0.25, -0.2) is 8.42 Å². The van der Waals surface area contributed by atoms with Crippen LogP contribution >= 0.6 is 0 Å². The van der Waals surface area contributed by atoms with Crippen LogP contribution in [-0.4, -0.2) is 14.7 Å². The lowest BCUT2D eigenvalue weighted by Crippen LogP contribution is -2.00. The zero-order valence-electron chi connectivity index (χ0n) is 8.69. The third-order valence-corrected chi connectivity index (χ3v) is 3.73. The Balaban J connectivity index is 2.99. The first-order valence-corrected chi connectivity index (χ1v) is 6.58. The summed E-state index contributed by atoms with van der Waals surface area (Å²) in [6.45, 7) is 1.82. The molecule has 0 aliphatic heterocycles. The molecule has 0 unspecified atom stereocenters. The fourth-order valence-corrected chi connectivity index (χ4v) is 3.08. The van der Waals surface area contributed by atoms with E-state index >= 15 is 0 Å². The number of sulfone groups is 1. The minimum Gasteiger partial charge on any atom is -0.224 e. The molecule has 0 N–H and O–H groups in total. The predicted molar refractivity (Wildman–Crippen MR) is 61.8 cm³/mol. The van der Waals surface area contributed by atoms with Crippen LogP contribution in [0.4, 0.5) is 0 Å². The summed E-state index contributed by atoms with van der Waals surface area (Å²) < 4.78 is 23.3. The Bertz CT molecular complexity index is 613. The molecule has 0 aromatic heterocycles. The second kappa shape index (κ2) is 3.35. The van der Waals surface area contributed by atoms with E-state index in [1.807, 2.05) is 43.3 Å². The third-order valence-electron chi connectivity index (χ3n) is 2.45. The highest BCUT2D eigenvalue weighted by molar-refractivity contribution is 7.91. The largest absolute Gasteiger partial charge is 0.224 e. The summed E-state index contributed by atoms with van der Waals surface area (Å²) in [5, 5.41) is 1.77. The molecule has 2 rings (SSSR count). The number of rotatable bonds is 1.